The second kappa shape index (κ2) is 5.67. The van der Waals surface area contributed by atoms with Crippen LogP contribution in [-0.4, -0.2) is 34.5 Å². The first-order valence-electron chi connectivity index (χ1n) is 6.61. The fraction of sp³-hybridized carbons (Fsp3) is 0.429. The molecule has 1 N–H and O–H groups in total. The van der Waals surface area contributed by atoms with Crippen LogP contribution >= 0.6 is 11.3 Å². The van der Waals surface area contributed by atoms with Gasteiger partial charge in [0.2, 0.25) is 0 Å². The maximum atomic E-state index is 4.39. The highest BCUT2D eigenvalue weighted by molar-refractivity contribution is 7.10. The van der Waals surface area contributed by atoms with Crippen LogP contribution in [0.4, 0.5) is 5.82 Å². The van der Waals surface area contributed by atoms with Gasteiger partial charge < -0.3 is 5.32 Å². The molecule has 0 saturated heterocycles. The number of aryl methyl sites for hydroxylation is 1. The maximum absolute atomic E-state index is 4.39. The number of hydrogen-bond acceptors (Lipinski definition) is 5. The summed E-state index contributed by atoms with van der Waals surface area (Å²) in [4.78, 5) is 12.6. The summed E-state index contributed by atoms with van der Waals surface area (Å²) in [5.74, 6) is 0.869. The summed E-state index contributed by atoms with van der Waals surface area (Å²) in [6, 6.07) is 2.26. The van der Waals surface area contributed by atoms with Crippen LogP contribution in [0.15, 0.2) is 23.8 Å². The highest BCUT2D eigenvalue weighted by atomic mass is 32.1. The van der Waals surface area contributed by atoms with Crippen molar-refractivity contribution in [2.24, 2.45) is 0 Å². The third-order valence-corrected chi connectivity index (χ3v) is 4.40. The van der Waals surface area contributed by atoms with Crippen molar-refractivity contribution < 1.29 is 0 Å². The standard InChI is InChI=1S/C14H18N4S/c1-11-8-15-9-14(17-11)16-4-6-18-5-2-13-12(10-18)3-7-19-13/h3,7-9H,2,4-6,10H2,1H3,(H,16,17). The van der Waals surface area contributed by atoms with Gasteiger partial charge in [-0.3, -0.25) is 9.88 Å². The number of rotatable bonds is 4. The third-order valence-electron chi connectivity index (χ3n) is 3.38. The van der Waals surface area contributed by atoms with Crippen LogP contribution in [0.1, 0.15) is 16.1 Å². The molecule has 19 heavy (non-hydrogen) atoms. The molecule has 0 unspecified atom stereocenters. The predicted octanol–water partition coefficient (Wildman–Crippen LogP) is 2.32. The minimum absolute atomic E-state index is 0.869. The van der Waals surface area contributed by atoms with Crippen LogP contribution in [0.25, 0.3) is 0 Å². The lowest BCUT2D eigenvalue weighted by molar-refractivity contribution is 0.266. The van der Waals surface area contributed by atoms with Gasteiger partial charge in [-0.05, 0) is 30.4 Å². The zero-order chi connectivity index (χ0) is 13.1. The van der Waals surface area contributed by atoms with Crippen molar-refractivity contribution in [3.63, 3.8) is 0 Å². The van der Waals surface area contributed by atoms with Gasteiger partial charge in [0, 0.05) is 37.3 Å². The summed E-state index contributed by atoms with van der Waals surface area (Å²) in [6.45, 7) is 6.16. The average Bonchev–Trinajstić information content (AvgIpc) is 2.86. The van der Waals surface area contributed by atoms with Crippen molar-refractivity contribution in [3.05, 3.63) is 40.0 Å². The number of nitrogens with zero attached hydrogens (tertiary/aromatic N) is 3. The molecule has 0 aliphatic carbocycles. The Labute approximate surface area is 117 Å². The number of fused-ring (bicyclic) bond motifs is 1. The quantitative estimate of drug-likeness (QED) is 0.929. The van der Waals surface area contributed by atoms with Gasteiger partial charge in [0.05, 0.1) is 11.9 Å². The molecular formula is C14H18N4S. The summed E-state index contributed by atoms with van der Waals surface area (Å²) in [5, 5.41) is 5.54. The largest absolute Gasteiger partial charge is 0.368 e. The molecule has 0 spiro atoms. The Morgan fingerprint density at radius 1 is 1.42 bits per heavy atom. The van der Waals surface area contributed by atoms with E-state index in [1.54, 1.807) is 17.3 Å². The minimum atomic E-state index is 0.869. The van der Waals surface area contributed by atoms with E-state index in [1.807, 2.05) is 18.3 Å². The molecule has 2 aromatic rings. The van der Waals surface area contributed by atoms with Gasteiger partial charge in [0.15, 0.2) is 0 Å². The van der Waals surface area contributed by atoms with Crippen LogP contribution < -0.4 is 5.32 Å². The average molecular weight is 274 g/mol. The first-order chi connectivity index (χ1) is 9.31. The summed E-state index contributed by atoms with van der Waals surface area (Å²) in [5.41, 5.74) is 2.46. The zero-order valence-electron chi connectivity index (χ0n) is 11.1. The van der Waals surface area contributed by atoms with Crippen LogP contribution in [0, 0.1) is 6.92 Å². The molecule has 0 atom stereocenters. The Kier molecular flexibility index (Phi) is 3.75. The number of thiophene rings is 1. The number of aromatic nitrogens is 2. The van der Waals surface area contributed by atoms with E-state index in [9.17, 15) is 0 Å². The summed E-state index contributed by atoms with van der Waals surface area (Å²) >= 11 is 1.89. The van der Waals surface area contributed by atoms with E-state index in [2.05, 4.69) is 31.6 Å². The summed E-state index contributed by atoms with van der Waals surface area (Å²) in [7, 11) is 0. The molecule has 2 aromatic heterocycles. The fourth-order valence-electron chi connectivity index (χ4n) is 2.39. The molecule has 0 fully saturated rings. The molecule has 1 aliphatic rings. The van der Waals surface area contributed by atoms with Crippen LogP contribution in [0.3, 0.4) is 0 Å². The molecule has 4 nitrogen and oxygen atoms in total. The van der Waals surface area contributed by atoms with Crippen molar-refractivity contribution in [2.75, 3.05) is 25.0 Å². The van der Waals surface area contributed by atoms with E-state index in [1.165, 1.54) is 12.0 Å². The molecule has 100 valence electrons. The van der Waals surface area contributed by atoms with E-state index in [0.29, 0.717) is 0 Å². The number of nitrogens with one attached hydrogen (secondary N) is 1. The second-order valence-corrected chi connectivity index (χ2v) is 5.87. The zero-order valence-corrected chi connectivity index (χ0v) is 11.9. The van der Waals surface area contributed by atoms with Crippen molar-refractivity contribution in [2.45, 2.75) is 19.9 Å². The van der Waals surface area contributed by atoms with Crippen molar-refractivity contribution >= 4 is 17.2 Å². The highest BCUT2D eigenvalue weighted by Gasteiger charge is 2.16. The lowest BCUT2D eigenvalue weighted by atomic mass is 10.1. The molecule has 0 bridgehead atoms. The number of hydrogen-bond donors (Lipinski definition) is 1. The molecule has 0 amide bonds. The topological polar surface area (TPSA) is 41.1 Å². The Hall–Kier alpha value is -1.46. The van der Waals surface area contributed by atoms with E-state index in [4.69, 9.17) is 0 Å². The molecule has 3 heterocycles. The summed E-state index contributed by atoms with van der Waals surface area (Å²) in [6.07, 6.45) is 4.74. The molecule has 5 heteroatoms. The third kappa shape index (κ3) is 3.11. The molecular weight excluding hydrogens is 256 g/mol. The maximum Gasteiger partial charge on any atom is 0.144 e. The van der Waals surface area contributed by atoms with E-state index < -0.39 is 0 Å². The number of anilines is 1. The lowest BCUT2D eigenvalue weighted by Gasteiger charge is -2.26. The van der Waals surface area contributed by atoms with E-state index >= 15 is 0 Å². The molecule has 3 rings (SSSR count). The Balaban J connectivity index is 1.49. The molecule has 0 saturated carbocycles. The lowest BCUT2D eigenvalue weighted by Crippen LogP contribution is -2.33. The highest BCUT2D eigenvalue weighted by Crippen LogP contribution is 2.23. The first-order valence-corrected chi connectivity index (χ1v) is 7.49. The van der Waals surface area contributed by atoms with E-state index in [-0.39, 0.29) is 0 Å². The van der Waals surface area contributed by atoms with Gasteiger partial charge >= 0.3 is 0 Å². The minimum Gasteiger partial charge on any atom is -0.368 e. The van der Waals surface area contributed by atoms with Gasteiger partial charge in [-0.25, -0.2) is 4.98 Å². The van der Waals surface area contributed by atoms with E-state index in [0.717, 1.165) is 37.7 Å². The normalized spacial score (nSPS) is 15.2. The molecule has 1 aliphatic heterocycles. The molecule has 0 radical (unpaired) electrons. The monoisotopic (exact) mass is 274 g/mol. The SMILES string of the molecule is Cc1cncc(NCCN2CCc3sccc3C2)n1. The Morgan fingerprint density at radius 3 is 3.26 bits per heavy atom. The van der Waals surface area contributed by atoms with Gasteiger partial charge in [0.25, 0.3) is 0 Å². The van der Waals surface area contributed by atoms with Gasteiger partial charge in [-0.1, -0.05) is 0 Å². The molecule has 0 aromatic carbocycles. The van der Waals surface area contributed by atoms with Crippen LogP contribution in [0.5, 0.6) is 0 Å². The van der Waals surface area contributed by atoms with Crippen molar-refractivity contribution in [1.82, 2.24) is 14.9 Å². The van der Waals surface area contributed by atoms with Gasteiger partial charge in [-0.15, -0.1) is 11.3 Å². The van der Waals surface area contributed by atoms with Crippen molar-refractivity contribution in [1.29, 1.82) is 0 Å². The predicted molar refractivity (Wildman–Crippen MR) is 78.6 cm³/mol. The van der Waals surface area contributed by atoms with Gasteiger partial charge in [-0.2, -0.15) is 0 Å². The smallest absolute Gasteiger partial charge is 0.144 e. The summed E-state index contributed by atoms with van der Waals surface area (Å²) < 4.78 is 0. The fourth-order valence-corrected chi connectivity index (χ4v) is 3.28. The Bertz CT molecular complexity index is 552. The van der Waals surface area contributed by atoms with Crippen LogP contribution in [0.2, 0.25) is 0 Å². The van der Waals surface area contributed by atoms with Crippen LogP contribution in [-0.2, 0) is 13.0 Å². The van der Waals surface area contributed by atoms with Gasteiger partial charge in [0.1, 0.15) is 5.82 Å². The first kappa shape index (κ1) is 12.6. The Morgan fingerprint density at radius 2 is 2.37 bits per heavy atom. The van der Waals surface area contributed by atoms with Crippen molar-refractivity contribution in [3.8, 4) is 0 Å². The second-order valence-electron chi connectivity index (χ2n) is 4.87.